The fourth-order valence-corrected chi connectivity index (χ4v) is 1.02. The van der Waals surface area contributed by atoms with Gasteiger partial charge < -0.3 is 18.5 Å². The molecule has 0 aliphatic heterocycles. The van der Waals surface area contributed by atoms with Crippen LogP contribution >= 0.6 is 23.7 Å². The van der Waals surface area contributed by atoms with Crippen molar-refractivity contribution in [3.63, 3.8) is 0 Å². The molecule has 0 aromatic carbocycles. The van der Waals surface area contributed by atoms with E-state index in [0.717, 1.165) is 0 Å². The maximum atomic E-state index is 11.0. The van der Waals surface area contributed by atoms with E-state index in [0.29, 0.717) is 0 Å². The Balaban J connectivity index is 0. The van der Waals surface area contributed by atoms with E-state index in [2.05, 4.69) is 31.2 Å². The van der Waals surface area contributed by atoms with Crippen LogP contribution in [0.2, 0.25) is 0 Å². The topological polar surface area (TPSA) is 125 Å². The molecule has 0 fully saturated rings. The molecule has 0 saturated heterocycles. The van der Waals surface area contributed by atoms with Gasteiger partial charge in [-0.2, -0.15) is 5.90 Å². The van der Waals surface area contributed by atoms with Gasteiger partial charge in [-0.1, -0.05) is 0 Å². The van der Waals surface area contributed by atoms with Gasteiger partial charge in [-0.05, 0) is 0 Å². The third-order valence-electron chi connectivity index (χ3n) is 1.54. The summed E-state index contributed by atoms with van der Waals surface area (Å²) in [6.45, 7) is 0. The van der Waals surface area contributed by atoms with Crippen LogP contribution in [0.25, 0.3) is 0 Å². The molecule has 8 nitrogen and oxygen atoms in total. The van der Waals surface area contributed by atoms with Gasteiger partial charge in [-0.15, -0.1) is 0 Å². The molecule has 100 valence electrons. The molecule has 0 aromatic rings. The molecule has 0 radical (unpaired) electrons. The molecule has 0 bridgehead atoms. The van der Waals surface area contributed by atoms with Gasteiger partial charge in [-0.3, -0.25) is 9.59 Å². The zero-order chi connectivity index (χ0) is 12.8. The Hall–Kier alpha value is -0.571. The first-order valence-corrected chi connectivity index (χ1v) is 4.27. The summed E-state index contributed by atoms with van der Waals surface area (Å²) in [5.41, 5.74) is -2.55. The van der Waals surface area contributed by atoms with Gasteiger partial charge in [0.25, 0.3) is 0 Å². The van der Waals surface area contributed by atoms with Gasteiger partial charge in [0.2, 0.25) is 0 Å². The average Bonchev–Trinajstić information content (AvgIpc) is 2.27. The minimum absolute atomic E-state index is 0. The van der Waals surface area contributed by atoms with Crippen molar-refractivity contribution >= 4 is 41.6 Å². The van der Waals surface area contributed by atoms with Crippen molar-refractivity contribution in [2.75, 3.05) is 0 Å². The van der Waals surface area contributed by atoms with Crippen molar-refractivity contribution < 1.29 is 50.0 Å². The second kappa shape index (κ2) is 8.51. The van der Waals surface area contributed by atoms with E-state index in [1.165, 1.54) is 0 Å². The maximum Gasteiger partial charge on any atom is 0.357 e. The molecule has 0 rings (SSSR count). The van der Waals surface area contributed by atoms with Crippen LogP contribution < -0.4 is 5.90 Å². The summed E-state index contributed by atoms with van der Waals surface area (Å²) in [5.74, 6) is 0.723. The van der Waals surface area contributed by atoms with Crippen molar-refractivity contribution in [3.8, 4) is 0 Å². The SMILES string of the molecule is NOC(=O)CC(O)(CC(=O)OCl)C(=O)OCl.[Fe]. The van der Waals surface area contributed by atoms with E-state index in [-0.39, 0.29) is 17.1 Å². The van der Waals surface area contributed by atoms with Crippen molar-refractivity contribution in [2.45, 2.75) is 18.4 Å². The molecule has 0 aliphatic carbocycles. The van der Waals surface area contributed by atoms with E-state index in [1.54, 1.807) is 0 Å². The van der Waals surface area contributed by atoms with Crippen LogP contribution in [0.5, 0.6) is 0 Å². The predicted molar refractivity (Wildman–Crippen MR) is 48.4 cm³/mol. The zero-order valence-electron chi connectivity index (χ0n) is 8.00. The Kier molecular flexibility index (Phi) is 9.40. The van der Waals surface area contributed by atoms with Gasteiger partial charge in [0, 0.05) is 17.1 Å². The third-order valence-corrected chi connectivity index (χ3v) is 1.85. The van der Waals surface area contributed by atoms with E-state index >= 15 is 0 Å². The first kappa shape index (κ1) is 18.8. The number of rotatable bonds is 5. The largest absolute Gasteiger partial charge is 0.377 e. The fraction of sp³-hybridized carbons (Fsp3) is 0.500. The van der Waals surface area contributed by atoms with Crippen LogP contribution in [0, 0.1) is 0 Å². The molecule has 0 amide bonds. The van der Waals surface area contributed by atoms with Gasteiger partial charge in [-0.25, -0.2) is 4.79 Å². The molecule has 0 aromatic heterocycles. The first-order valence-electron chi connectivity index (χ1n) is 3.66. The number of carbonyl (C=O) groups excluding carboxylic acids is 3. The summed E-state index contributed by atoms with van der Waals surface area (Å²) in [5, 5.41) is 9.61. The Bertz CT molecular complexity index is 282. The number of hydrogen-bond acceptors (Lipinski definition) is 8. The van der Waals surface area contributed by atoms with E-state index in [9.17, 15) is 19.5 Å². The number of aliphatic hydroxyl groups is 1. The molecule has 11 heteroatoms. The van der Waals surface area contributed by atoms with E-state index in [4.69, 9.17) is 11.9 Å². The Morgan fingerprint density at radius 3 is 1.94 bits per heavy atom. The van der Waals surface area contributed by atoms with Crippen LogP contribution in [-0.2, 0) is 44.9 Å². The summed E-state index contributed by atoms with van der Waals surface area (Å²) in [4.78, 5) is 36.3. The normalized spacial score (nSPS) is 12.7. The quantitative estimate of drug-likeness (QED) is 0.500. The van der Waals surface area contributed by atoms with Gasteiger partial charge in [0.05, 0.1) is 12.8 Å². The van der Waals surface area contributed by atoms with Crippen molar-refractivity contribution in [3.05, 3.63) is 0 Å². The minimum atomic E-state index is -2.55. The summed E-state index contributed by atoms with van der Waals surface area (Å²) >= 11 is 9.40. The molecule has 17 heavy (non-hydrogen) atoms. The smallest absolute Gasteiger partial charge is 0.357 e. The molecular formula is C6H7Cl2FeNO7. The van der Waals surface area contributed by atoms with Crippen LogP contribution in [0.15, 0.2) is 0 Å². The third kappa shape index (κ3) is 6.06. The zero-order valence-corrected chi connectivity index (χ0v) is 10.6. The molecule has 1 unspecified atom stereocenters. The van der Waals surface area contributed by atoms with Gasteiger partial charge >= 0.3 is 17.9 Å². The van der Waals surface area contributed by atoms with Crippen molar-refractivity contribution in [2.24, 2.45) is 5.90 Å². The maximum absolute atomic E-state index is 11.0. The molecule has 1 atom stereocenters. The number of hydrogen-bond donors (Lipinski definition) is 2. The molecule has 0 saturated carbocycles. The summed E-state index contributed by atoms with van der Waals surface area (Å²) < 4.78 is 7.38. The van der Waals surface area contributed by atoms with Crippen molar-refractivity contribution in [1.29, 1.82) is 0 Å². The first-order chi connectivity index (χ1) is 7.39. The van der Waals surface area contributed by atoms with Gasteiger partial charge in [0.1, 0.15) is 23.7 Å². The second-order valence-electron chi connectivity index (χ2n) is 2.69. The van der Waals surface area contributed by atoms with Gasteiger partial charge in [0.15, 0.2) is 5.60 Å². The van der Waals surface area contributed by atoms with E-state index < -0.39 is 36.4 Å². The molecular weight excluding hydrogens is 325 g/mol. The predicted octanol–water partition coefficient (Wildman–Crippen LogP) is -0.694. The summed E-state index contributed by atoms with van der Waals surface area (Å²) in [6, 6.07) is 0. The Morgan fingerprint density at radius 2 is 1.59 bits per heavy atom. The van der Waals surface area contributed by atoms with Crippen LogP contribution in [0.4, 0.5) is 0 Å². The van der Waals surface area contributed by atoms with Crippen LogP contribution in [-0.4, -0.2) is 28.6 Å². The summed E-state index contributed by atoms with van der Waals surface area (Å²) in [6.07, 6.45) is -1.89. The number of carbonyl (C=O) groups is 3. The van der Waals surface area contributed by atoms with Crippen LogP contribution in [0.3, 0.4) is 0 Å². The number of nitrogens with two attached hydrogens (primary N) is 1. The standard InChI is InChI=1S/C6H7Cl2NO7.Fe/c7-14-3(10)1-6(13,5(12)15-8)2-4(11)16-9;/h13H,1-2,9H2;. The Morgan fingerprint density at radius 1 is 1.12 bits per heavy atom. The van der Waals surface area contributed by atoms with E-state index in [1.807, 2.05) is 0 Å². The number of halogens is 2. The fourth-order valence-electron chi connectivity index (χ4n) is 0.825. The molecule has 0 aliphatic rings. The van der Waals surface area contributed by atoms with Crippen molar-refractivity contribution in [1.82, 2.24) is 0 Å². The average molecular weight is 332 g/mol. The second-order valence-corrected chi connectivity index (χ2v) is 3.00. The molecule has 0 spiro atoms. The monoisotopic (exact) mass is 331 g/mol. The molecule has 3 N–H and O–H groups in total. The van der Waals surface area contributed by atoms with Crippen LogP contribution in [0.1, 0.15) is 12.8 Å². The Labute approximate surface area is 116 Å². The molecule has 0 heterocycles. The minimum Gasteiger partial charge on any atom is -0.377 e. The summed E-state index contributed by atoms with van der Waals surface area (Å²) in [7, 11) is 0.